The summed E-state index contributed by atoms with van der Waals surface area (Å²) >= 11 is 3.33. The summed E-state index contributed by atoms with van der Waals surface area (Å²) in [6.07, 6.45) is 2.07. The van der Waals surface area contributed by atoms with Gasteiger partial charge in [0.25, 0.3) is 5.91 Å². The maximum atomic E-state index is 12.5. The molecule has 0 unspecified atom stereocenters. The summed E-state index contributed by atoms with van der Waals surface area (Å²) in [5.41, 5.74) is 6.92. The van der Waals surface area contributed by atoms with Gasteiger partial charge in [0.15, 0.2) is 0 Å². The summed E-state index contributed by atoms with van der Waals surface area (Å²) in [6.45, 7) is 3.12. The van der Waals surface area contributed by atoms with Crippen LogP contribution in [0.2, 0.25) is 0 Å². The lowest BCUT2D eigenvalue weighted by Gasteiger charge is -2.32. The molecule has 0 spiro atoms. The van der Waals surface area contributed by atoms with Crippen molar-refractivity contribution in [3.05, 3.63) is 28.2 Å². The monoisotopic (exact) mass is 353 g/mol. The van der Waals surface area contributed by atoms with Crippen LogP contribution < -0.4 is 11.1 Å². The van der Waals surface area contributed by atoms with E-state index in [0.29, 0.717) is 30.8 Å². The molecular weight excluding hydrogens is 334 g/mol. The summed E-state index contributed by atoms with van der Waals surface area (Å²) in [6, 6.07) is 5.47. The Kier molecular flexibility index (Phi) is 5.22. The first-order valence-corrected chi connectivity index (χ1v) is 7.94. The van der Waals surface area contributed by atoms with E-state index in [1.807, 2.05) is 13.0 Å². The second-order valence-electron chi connectivity index (χ2n) is 5.22. The van der Waals surface area contributed by atoms with Crippen LogP contribution >= 0.6 is 15.9 Å². The lowest BCUT2D eigenvalue weighted by molar-refractivity contribution is -0.121. The highest BCUT2D eigenvalue weighted by Gasteiger charge is 2.25. The molecule has 0 atom stereocenters. The molecular formula is C15H20BrN3O2. The number of piperidine rings is 1. The number of nitrogens with one attached hydrogen (secondary N) is 1. The van der Waals surface area contributed by atoms with Gasteiger partial charge in [-0.2, -0.15) is 0 Å². The van der Waals surface area contributed by atoms with Crippen LogP contribution in [-0.2, 0) is 4.79 Å². The first kappa shape index (κ1) is 15.8. The number of hydrogen-bond acceptors (Lipinski definition) is 3. The number of carbonyl (C=O) groups excluding carboxylic acids is 2. The molecule has 1 aliphatic heterocycles. The quantitative estimate of drug-likeness (QED) is 0.817. The number of anilines is 1. The van der Waals surface area contributed by atoms with Gasteiger partial charge in [0.05, 0.1) is 5.56 Å². The van der Waals surface area contributed by atoms with E-state index >= 15 is 0 Å². The van der Waals surface area contributed by atoms with Crippen LogP contribution in [0.25, 0.3) is 0 Å². The first-order chi connectivity index (χ1) is 10.0. The van der Waals surface area contributed by atoms with E-state index in [2.05, 4.69) is 21.2 Å². The SMILES string of the molecule is CCC(=O)NC1CCN(C(=O)c2ccc(Br)cc2N)CC1. The highest BCUT2D eigenvalue weighted by Crippen LogP contribution is 2.21. The highest BCUT2D eigenvalue weighted by molar-refractivity contribution is 9.10. The molecule has 0 radical (unpaired) electrons. The van der Waals surface area contributed by atoms with Crippen molar-refractivity contribution in [1.29, 1.82) is 0 Å². The molecule has 1 fully saturated rings. The number of rotatable bonds is 3. The van der Waals surface area contributed by atoms with Gasteiger partial charge in [-0.15, -0.1) is 0 Å². The molecule has 0 aromatic heterocycles. The second-order valence-corrected chi connectivity index (χ2v) is 6.13. The van der Waals surface area contributed by atoms with Gasteiger partial charge in [0, 0.05) is 35.7 Å². The molecule has 1 aliphatic rings. The van der Waals surface area contributed by atoms with E-state index in [-0.39, 0.29) is 17.9 Å². The molecule has 3 N–H and O–H groups in total. The van der Waals surface area contributed by atoms with Crippen LogP contribution in [0.3, 0.4) is 0 Å². The molecule has 114 valence electrons. The summed E-state index contributed by atoms with van der Waals surface area (Å²) in [7, 11) is 0. The van der Waals surface area contributed by atoms with Crippen molar-refractivity contribution in [3.8, 4) is 0 Å². The van der Waals surface area contributed by atoms with Gasteiger partial charge in [-0.1, -0.05) is 22.9 Å². The van der Waals surface area contributed by atoms with Gasteiger partial charge < -0.3 is 16.0 Å². The molecule has 0 aliphatic carbocycles. The predicted octanol–water partition coefficient (Wildman–Crippen LogP) is 2.16. The van der Waals surface area contributed by atoms with Gasteiger partial charge in [0.1, 0.15) is 0 Å². The van der Waals surface area contributed by atoms with E-state index in [9.17, 15) is 9.59 Å². The number of nitrogens with two attached hydrogens (primary N) is 1. The number of nitrogens with zero attached hydrogens (tertiary/aromatic N) is 1. The summed E-state index contributed by atoms with van der Waals surface area (Å²) in [5.74, 6) is 0.0252. The maximum absolute atomic E-state index is 12.5. The zero-order valence-electron chi connectivity index (χ0n) is 12.1. The average molecular weight is 354 g/mol. The van der Waals surface area contributed by atoms with Crippen LogP contribution in [0.4, 0.5) is 5.69 Å². The van der Waals surface area contributed by atoms with Gasteiger partial charge in [-0.05, 0) is 31.0 Å². The normalized spacial score (nSPS) is 15.8. The van der Waals surface area contributed by atoms with E-state index in [1.165, 1.54) is 0 Å². The Morgan fingerprint density at radius 3 is 2.62 bits per heavy atom. The molecule has 5 nitrogen and oxygen atoms in total. The zero-order chi connectivity index (χ0) is 15.4. The molecule has 21 heavy (non-hydrogen) atoms. The smallest absolute Gasteiger partial charge is 0.255 e. The fourth-order valence-electron chi connectivity index (χ4n) is 2.46. The lowest BCUT2D eigenvalue weighted by Crippen LogP contribution is -2.46. The van der Waals surface area contributed by atoms with Crippen molar-refractivity contribution >= 4 is 33.4 Å². The molecule has 2 amide bonds. The number of benzene rings is 1. The van der Waals surface area contributed by atoms with Crippen LogP contribution in [0.1, 0.15) is 36.5 Å². The molecule has 0 bridgehead atoms. The van der Waals surface area contributed by atoms with E-state index < -0.39 is 0 Å². The van der Waals surface area contributed by atoms with Crippen LogP contribution in [0, 0.1) is 0 Å². The first-order valence-electron chi connectivity index (χ1n) is 7.15. The Hall–Kier alpha value is -1.56. The van der Waals surface area contributed by atoms with Gasteiger partial charge >= 0.3 is 0 Å². The molecule has 0 saturated carbocycles. The number of halogens is 1. The fourth-order valence-corrected chi connectivity index (χ4v) is 2.83. The van der Waals surface area contributed by atoms with Crippen molar-refractivity contribution in [2.75, 3.05) is 18.8 Å². The standard InChI is InChI=1S/C15H20BrN3O2/c1-2-14(20)18-11-5-7-19(8-6-11)15(21)12-4-3-10(16)9-13(12)17/h3-4,9,11H,2,5-8,17H2,1H3,(H,18,20). The Morgan fingerprint density at radius 1 is 1.38 bits per heavy atom. The third kappa shape index (κ3) is 3.97. The highest BCUT2D eigenvalue weighted by atomic mass is 79.9. The number of hydrogen-bond donors (Lipinski definition) is 2. The Morgan fingerprint density at radius 2 is 2.05 bits per heavy atom. The summed E-state index contributed by atoms with van der Waals surface area (Å²) in [5, 5.41) is 2.98. The largest absolute Gasteiger partial charge is 0.398 e. The van der Waals surface area contributed by atoms with E-state index in [0.717, 1.165) is 17.3 Å². The topological polar surface area (TPSA) is 75.4 Å². The molecule has 6 heteroatoms. The van der Waals surface area contributed by atoms with Crippen molar-refractivity contribution in [3.63, 3.8) is 0 Å². The van der Waals surface area contributed by atoms with Crippen molar-refractivity contribution < 1.29 is 9.59 Å². The summed E-state index contributed by atoms with van der Waals surface area (Å²) < 4.78 is 0.859. The van der Waals surface area contributed by atoms with Crippen LogP contribution in [0.15, 0.2) is 22.7 Å². The van der Waals surface area contributed by atoms with E-state index in [4.69, 9.17) is 5.73 Å². The number of carbonyl (C=O) groups is 2. The number of likely N-dealkylation sites (tertiary alicyclic amines) is 1. The van der Waals surface area contributed by atoms with Crippen molar-refractivity contribution in [2.45, 2.75) is 32.2 Å². The van der Waals surface area contributed by atoms with E-state index in [1.54, 1.807) is 17.0 Å². The van der Waals surface area contributed by atoms with Crippen molar-refractivity contribution in [2.24, 2.45) is 0 Å². The molecule has 1 saturated heterocycles. The zero-order valence-corrected chi connectivity index (χ0v) is 13.6. The van der Waals surface area contributed by atoms with Crippen LogP contribution in [0.5, 0.6) is 0 Å². The maximum Gasteiger partial charge on any atom is 0.255 e. The lowest BCUT2D eigenvalue weighted by atomic mass is 10.0. The third-order valence-corrected chi connectivity index (χ3v) is 4.21. The molecule has 1 aromatic carbocycles. The fraction of sp³-hybridized carbons (Fsp3) is 0.467. The molecule has 1 aromatic rings. The van der Waals surface area contributed by atoms with Crippen LogP contribution in [-0.4, -0.2) is 35.8 Å². The minimum Gasteiger partial charge on any atom is -0.398 e. The minimum atomic E-state index is -0.0414. The van der Waals surface area contributed by atoms with Gasteiger partial charge in [-0.3, -0.25) is 9.59 Å². The average Bonchev–Trinajstić information content (AvgIpc) is 2.47. The Labute approximate surface area is 133 Å². The van der Waals surface area contributed by atoms with Gasteiger partial charge in [-0.25, -0.2) is 0 Å². The predicted molar refractivity (Wildman–Crippen MR) is 85.9 cm³/mol. The minimum absolute atomic E-state index is 0.0414. The number of amides is 2. The molecule has 1 heterocycles. The Balaban J connectivity index is 1.95. The Bertz CT molecular complexity index is 540. The molecule has 2 rings (SSSR count). The van der Waals surface area contributed by atoms with Gasteiger partial charge in [0.2, 0.25) is 5.91 Å². The summed E-state index contributed by atoms with van der Waals surface area (Å²) in [4.78, 5) is 25.6. The number of nitrogen functional groups attached to an aromatic ring is 1. The second kappa shape index (κ2) is 6.93. The third-order valence-electron chi connectivity index (χ3n) is 3.71. The van der Waals surface area contributed by atoms with Crippen molar-refractivity contribution in [1.82, 2.24) is 10.2 Å².